The average molecular weight is 339 g/mol. The van der Waals surface area contributed by atoms with E-state index < -0.39 is 15.2 Å². The van der Waals surface area contributed by atoms with Crippen LogP contribution in [0.3, 0.4) is 0 Å². The number of amides is 1. The smallest absolute Gasteiger partial charge is 0.275 e. The molecule has 0 radical (unpaired) electrons. The second kappa shape index (κ2) is 6.42. The second-order valence-corrected chi connectivity index (χ2v) is 7.69. The van der Waals surface area contributed by atoms with E-state index in [0.29, 0.717) is 6.54 Å². The first kappa shape index (κ1) is 17.4. The molecule has 6 heteroatoms. The SMILES string of the molecule is COc1ccc(CN(C(=O)C(Cl)(Cl)Cl)C(C)(C)C)cc1. The molecule has 0 aliphatic heterocycles. The topological polar surface area (TPSA) is 29.5 Å². The molecule has 1 aromatic carbocycles. The summed E-state index contributed by atoms with van der Waals surface area (Å²) in [6, 6.07) is 7.42. The first-order chi connectivity index (χ1) is 9.05. The zero-order valence-electron chi connectivity index (χ0n) is 11.9. The molecule has 0 N–H and O–H groups in total. The molecule has 1 rings (SSSR count). The number of ether oxygens (including phenoxy) is 1. The lowest BCUT2D eigenvalue weighted by atomic mass is 10.0. The molecule has 0 saturated carbocycles. The molecule has 0 spiro atoms. The lowest BCUT2D eigenvalue weighted by Crippen LogP contribution is -2.49. The van der Waals surface area contributed by atoms with Crippen molar-refractivity contribution in [2.75, 3.05) is 7.11 Å². The summed E-state index contributed by atoms with van der Waals surface area (Å²) < 4.78 is 3.14. The Labute approximate surface area is 134 Å². The molecule has 1 aromatic rings. The molecule has 112 valence electrons. The summed E-state index contributed by atoms with van der Waals surface area (Å²) in [4.78, 5) is 13.8. The maximum Gasteiger partial charge on any atom is 0.275 e. The highest BCUT2D eigenvalue weighted by Gasteiger charge is 2.39. The molecule has 0 aromatic heterocycles. The molecule has 0 unspecified atom stereocenters. The molecule has 0 atom stereocenters. The summed E-state index contributed by atoms with van der Waals surface area (Å²) in [6.07, 6.45) is 0. The number of benzene rings is 1. The standard InChI is InChI=1S/C14H18Cl3NO2/c1-13(2,3)18(12(19)14(15,16)17)9-10-5-7-11(20-4)8-6-10/h5-8H,9H2,1-4H3. The van der Waals surface area contributed by atoms with Gasteiger partial charge in [0.15, 0.2) is 0 Å². The number of methoxy groups -OCH3 is 1. The van der Waals surface area contributed by atoms with Crippen LogP contribution in [0.4, 0.5) is 0 Å². The zero-order chi connectivity index (χ0) is 15.6. The quantitative estimate of drug-likeness (QED) is 0.773. The van der Waals surface area contributed by atoms with Crippen LogP contribution in [0.25, 0.3) is 0 Å². The molecule has 0 bridgehead atoms. The summed E-state index contributed by atoms with van der Waals surface area (Å²) >= 11 is 17.2. The minimum atomic E-state index is -1.96. The molecule has 0 fully saturated rings. The van der Waals surface area contributed by atoms with Gasteiger partial charge in [0.1, 0.15) is 5.75 Å². The van der Waals surface area contributed by atoms with Crippen LogP contribution in [-0.4, -0.2) is 27.2 Å². The Kier molecular flexibility index (Phi) is 5.59. The lowest BCUT2D eigenvalue weighted by Gasteiger charge is -2.37. The Morgan fingerprint density at radius 1 is 1.15 bits per heavy atom. The van der Waals surface area contributed by atoms with Crippen molar-refractivity contribution in [1.82, 2.24) is 4.90 Å². The number of carbonyl (C=O) groups is 1. The largest absolute Gasteiger partial charge is 0.497 e. The molecule has 20 heavy (non-hydrogen) atoms. The van der Waals surface area contributed by atoms with Crippen LogP contribution >= 0.6 is 34.8 Å². The average Bonchev–Trinajstić information content (AvgIpc) is 2.33. The summed E-state index contributed by atoms with van der Waals surface area (Å²) in [5, 5.41) is 0. The van der Waals surface area contributed by atoms with Gasteiger partial charge in [0.05, 0.1) is 7.11 Å². The van der Waals surface area contributed by atoms with Gasteiger partial charge < -0.3 is 9.64 Å². The fourth-order valence-electron chi connectivity index (χ4n) is 1.68. The van der Waals surface area contributed by atoms with Crippen molar-refractivity contribution >= 4 is 40.7 Å². The van der Waals surface area contributed by atoms with E-state index in [0.717, 1.165) is 11.3 Å². The Hall–Kier alpha value is -0.640. The van der Waals surface area contributed by atoms with E-state index in [1.807, 2.05) is 45.0 Å². The molecular formula is C14H18Cl3NO2. The van der Waals surface area contributed by atoms with Gasteiger partial charge in [0.25, 0.3) is 9.70 Å². The molecule has 1 amide bonds. The predicted octanol–water partition coefficient (Wildman–Crippen LogP) is 4.19. The summed E-state index contributed by atoms with van der Waals surface area (Å²) in [5.74, 6) is 0.217. The van der Waals surface area contributed by atoms with Gasteiger partial charge in [0.2, 0.25) is 0 Å². The summed E-state index contributed by atoms with van der Waals surface area (Å²) in [7, 11) is 1.60. The fraction of sp³-hybridized carbons (Fsp3) is 0.500. The maximum atomic E-state index is 12.2. The van der Waals surface area contributed by atoms with Crippen LogP contribution in [0.1, 0.15) is 26.3 Å². The van der Waals surface area contributed by atoms with Crippen molar-refractivity contribution in [2.45, 2.75) is 36.6 Å². The molecule has 0 aliphatic carbocycles. The van der Waals surface area contributed by atoms with Gasteiger partial charge in [-0.2, -0.15) is 0 Å². The second-order valence-electron chi connectivity index (χ2n) is 5.41. The number of hydrogen-bond donors (Lipinski definition) is 0. The minimum Gasteiger partial charge on any atom is -0.497 e. The van der Waals surface area contributed by atoms with Crippen LogP contribution < -0.4 is 4.74 Å². The van der Waals surface area contributed by atoms with Gasteiger partial charge in [-0.25, -0.2) is 0 Å². The Morgan fingerprint density at radius 2 is 1.65 bits per heavy atom. The number of nitrogens with zero attached hydrogens (tertiary/aromatic N) is 1. The van der Waals surface area contributed by atoms with Crippen LogP contribution in [0, 0.1) is 0 Å². The Balaban J connectivity index is 2.98. The van der Waals surface area contributed by atoms with E-state index in [1.54, 1.807) is 12.0 Å². The summed E-state index contributed by atoms with van der Waals surface area (Å²) in [6.45, 7) is 6.04. The molecule has 0 aliphatic rings. The van der Waals surface area contributed by atoms with Crippen molar-refractivity contribution in [3.63, 3.8) is 0 Å². The highest BCUT2D eigenvalue weighted by molar-refractivity contribution is 6.76. The van der Waals surface area contributed by atoms with Crippen molar-refractivity contribution in [3.8, 4) is 5.75 Å². The first-order valence-corrected chi connectivity index (χ1v) is 7.21. The monoisotopic (exact) mass is 337 g/mol. The zero-order valence-corrected chi connectivity index (χ0v) is 14.2. The van der Waals surface area contributed by atoms with Crippen molar-refractivity contribution < 1.29 is 9.53 Å². The van der Waals surface area contributed by atoms with E-state index in [9.17, 15) is 4.79 Å². The van der Waals surface area contributed by atoms with E-state index in [4.69, 9.17) is 39.5 Å². The maximum absolute atomic E-state index is 12.2. The highest BCUT2D eigenvalue weighted by atomic mass is 35.6. The van der Waals surface area contributed by atoms with Crippen LogP contribution in [0.2, 0.25) is 0 Å². The highest BCUT2D eigenvalue weighted by Crippen LogP contribution is 2.32. The van der Waals surface area contributed by atoms with Gasteiger partial charge in [0, 0.05) is 12.1 Å². The third-order valence-electron chi connectivity index (χ3n) is 2.80. The third-order valence-corrected chi connectivity index (χ3v) is 3.28. The van der Waals surface area contributed by atoms with E-state index in [2.05, 4.69) is 0 Å². The van der Waals surface area contributed by atoms with Gasteiger partial charge in [-0.3, -0.25) is 4.79 Å². The number of rotatable bonds is 3. The lowest BCUT2D eigenvalue weighted by molar-refractivity contribution is -0.135. The minimum absolute atomic E-state index is 0.361. The van der Waals surface area contributed by atoms with Crippen molar-refractivity contribution in [3.05, 3.63) is 29.8 Å². The van der Waals surface area contributed by atoms with Gasteiger partial charge in [-0.15, -0.1) is 0 Å². The molecular weight excluding hydrogens is 321 g/mol. The summed E-state index contributed by atoms with van der Waals surface area (Å²) in [5.41, 5.74) is 0.476. The third kappa shape index (κ3) is 4.72. The van der Waals surface area contributed by atoms with E-state index in [-0.39, 0.29) is 0 Å². The first-order valence-electron chi connectivity index (χ1n) is 6.07. The van der Waals surface area contributed by atoms with Crippen LogP contribution in [0.5, 0.6) is 5.75 Å². The molecule has 3 nitrogen and oxygen atoms in total. The molecule has 0 saturated heterocycles. The van der Waals surface area contributed by atoms with Gasteiger partial charge in [-0.1, -0.05) is 46.9 Å². The number of hydrogen-bond acceptors (Lipinski definition) is 2. The Bertz CT molecular complexity index is 461. The number of alkyl halides is 3. The number of halogens is 3. The van der Waals surface area contributed by atoms with E-state index in [1.165, 1.54) is 0 Å². The molecule has 0 heterocycles. The van der Waals surface area contributed by atoms with Crippen molar-refractivity contribution in [2.24, 2.45) is 0 Å². The number of carbonyl (C=O) groups excluding carboxylic acids is 1. The van der Waals surface area contributed by atoms with Crippen molar-refractivity contribution in [1.29, 1.82) is 0 Å². The van der Waals surface area contributed by atoms with E-state index >= 15 is 0 Å². The predicted molar refractivity (Wildman–Crippen MR) is 83.6 cm³/mol. The van der Waals surface area contributed by atoms with Crippen LogP contribution in [0.15, 0.2) is 24.3 Å². The normalized spacial score (nSPS) is 12.2. The van der Waals surface area contributed by atoms with Gasteiger partial charge in [-0.05, 0) is 38.5 Å². The van der Waals surface area contributed by atoms with Gasteiger partial charge >= 0.3 is 0 Å². The Morgan fingerprint density at radius 3 is 2.00 bits per heavy atom. The van der Waals surface area contributed by atoms with Crippen LogP contribution in [-0.2, 0) is 11.3 Å². The fourth-order valence-corrected chi connectivity index (χ4v) is 1.99.